The van der Waals surface area contributed by atoms with Crippen molar-refractivity contribution >= 4 is 23.3 Å². The largest absolute Gasteiger partial charge is 0.360 e. The van der Waals surface area contributed by atoms with Crippen LogP contribution in [0, 0.1) is 0 Å². The Labute approximate surface area is 93.5 Å². The van der Waals surface area contributed by atoms with Crippen molar-refractivity contribution in [2.45, 2.75) is 6.92 Å². The molecule has 1 aromatic rings. The number of hydrogen-bond acceptors (Lipinski definition) is 4. The molecule has 0 saturated carbocycles. The summed E-state index contributed by atoms with van der Waals surface area (Å²) < 4.78 is 0. The predicted octanol–water partition coefficient (Wildman–Crippen LogP) is 1.02. The fourth-order valence-electron chi connectivity index (χ4n) is 0.913. The molecule has 0 aliphatic rings. The first-order valence-electron chi connectivity index (χ1n) is 4.58. The molecule has 0 fully saturated rings. The number of nitrogens with zero attached hydrogens (tertiary/aromatic N) is 3. The summed E-state index contributed by atoms with van der Waals surface area (Å²) in [6, 6.07) is 0. The van der Waals surface area contributed by atoms with Crippen LogP contribution in [0.15, 0.2) is 12.5 Å². The Morgan fingerprint density at radius 2 is 2.40 bits per heavy atom. The Hall–Kier alpha value is -1.36. The van der Waals surface area contributed by atoms with Crippen molar-refractivity contribution < 1.29 is 4.79 Å². The number of anilines is 1. The number of likely N-dealkylation sites (N-methyl/N-ethyl adjacent to an activating group) is 1. The molecular weight excluding hydrogens is 216 g/mol. The molecule has 5 nitrogen and oxygen atoms in total. The first-order chi connectivity index (χ1) is 7.15. The third-order valence-corrected chi connectivity index (χ3v) is 2.25. The Morgan fingerprint density at radius 1 is 1.67 bits per heavy atom. The number of carbonyl (C=O) groups is 1. The van der Waals surface area contributed by atoms with E-state index in [1.54, 1.807) is 11.9 Å². The van der Waals surface area contributed by atoms with Crippen molar-refractivity contribution in [3.05, 3.63) is 17.5 Å². The molecule has 1 amide bonds. The van der Waals surface area contributed by atoms with E-state index in [0.717, 1.165) is 0 Å². The molecule has 1 aromatic heterocycles. The van der Waals surface area contributed by atoms with Crippen LogP contribution in [0.5, 0.6) is 0 Å². The van der Waals surface area contributed by atoms with Gasteiger partial charge in [0.1, 0.15) is 17.2 Å². The molecule has 82 valence electrons. The molecule has 15 heavy (non-hydrogen) atoms. The second kappa shape index (κ2) is 5.50. The molecular formula is C9H13ClN4O. The summed E-state index contributed by atoms with van der Waals surface area (Å²) in [4.78, 5) is 20.7. The zero-order valence-electron chi connectivity index (χ0n) is 8.70. The van der Waals surface area contributed by atoms with Gasteiger partial charge in [-0.05, 0) is 6.92 Å². The van der Waals surface area contributed by atoms with Gasteiger partial charge in [-0.2, -0.15) is 0 Å². The minimum absolute atomic E-state index is 0.00724. The highest BCUT2D eigenvalue weighted by Gasteiger charge is 2.07. The highest BCUT2D eigenvalue weighted by atomic mass is 35.5. The second-order valence-electron chi connectivity index (χ2n) is 2.98. The highest BCUT2D eigenvalue weighted by Crippen LogP contribution is 2.15. The van der Waals surface area contributed by atoms with Crippen molar-refractivity contribution in [1.29, 1.82) is 0 Å². The molecule has 0 saturated heterocycles. The van der Waals surface area contributed by atoms with Crippen molar-refractivity contribution in [2.24, 2.45) is 0 Å². The molecule has 0 bridgehead atoms. The Balaban J connectivity index is 2.51. The minimum Gasteiger partial charge on any atom is -0.360 e. The quantitative estimate of drug-likeness (QED) is 0.836. The summed E-state index contributed by atoms with van der Waals surface area (Å²) in [5.74, 6) is 0.469. The van der Waals surface area contributed by atoms with Gasteiger partial charge >= 0.3 is 0 Å². The van der Waals surface area contributed by atoms with Crippen molar-refractivity contribution in [2.75, 3.05) is 25.5 Å². The molecule has 0 radical (unpaired) electrons. The lowest BCUT2D eigenvalue weighted by Gasteiger charge is -2.15. The van der Waals surface area contributed by atoms with E-state index in [4.69, 9.17) is 11.6 Å². The SMILES string of the molecule is CCN(C)C(=O)CNc1ncncc1Cl. The maximum absolute atomic E-state index is 11.4. The monoisotopic (exact) mass is 228 g/mol. The summed E-state index contributed by atoms with van der Waals surface area (Å²) in [7, 11) is 1.74. The molecule has 0 spiro atoms. The second-order valence-corrected chi connectivity index (χ2v) is 3.39. The molecule has 6 heteroatoms. The van der Waals surface area contributed by atoms with Gasteiger partial charge < -0.3 is 10.2 Å². The van der Waals surface area contributed by atoms with E-state index >= 15 is 0 Å². The van der Waals surface area contributed by atoms with E-state index in [2.05, 4.69) is 15.3 Å². The number of hydrogen-bond donors (Lipinski definition) is 1. The molecule has 0 aliphatic heterocycles. The standard InChI is InChI=1S/C9H13ClN4O/c1-3-14(2)8(15)5-12-9-7(10)4-11-6-13-9/h4,6H,3,5H2,1-2H3,(H,11,12,13). The number of amides is 1. The lowest BCUT2D eigenvalue weighted by molar-refractivity contribution is -0.127. The summed E-state index contributed by atoms with van der Waals surface area (Å²) in [5.41, 5.74) is 0. The van der Waals surface area contributed by atoms with Gasteiger partial charge in [-0.3, -0.25) is 4.79 Å². The lowest BCUT2D eigenvalue weighted by Crippen LogP contribution is -2.32. The number of carbonyl (C=O) groups excluding carboxylic acids is 1. The molecule has 0 atom stereocenters. The Bertz CT molecular complexity index is 345. The van der Waals surface area contributed by atoms with E-state index in [-0.39, 0.29) is 12.5 Å². The first-order valence-corrected chi connectivity index (χ1v) is 4.96. The third-order valence-electron chi connectivity index (χ3n) is 1.97. The maximum Gasteiger partial charge on any atom is 0.241 e. The van der Waals surface area contributed by atoms with Crippen molar-refractivity contribution in [1.82, 2.24) is 14.9 Å². The summed E-state index contributed by atoms with van der Waals surface area (Å²) in [6.45, 7) is 2.77. The molecule has 0 aliphatic carbocycles. The third kappa shape index (κ3) is 3.36. The van der Waals surface area contributed by atoms with Crippen LogP contribution >= 0.6 is 11.6 Å². The van der Waals surface area contributed by atoms with Gasteiger partial charge in [0.15, 0.2) is 0 Å². The molecule has 1 rings (SSSR count). The topological polar surface area (TPSA) is 58.1 Å². The van der Waals surface area contributed by atoms with Gasteiger partial charge in [0.2, 0.25) is 5.91 Å². The van der Waals surface area contributed by atoms with Gasteiger partial charge in [-0.1, -0.05) is 11.6 Å². The molecule has 0 aromatic carbocycles. The van der Waals surface area contributed by atoms with Crippen LogP contribution in [0.3, 0.4) is 0 Å². The summed E-state index contributed by atoms with van der Waals surface area (Å²) >= 11 is 5.81. The zero-order chi connectivity index (χ0) is 11.3. The number of halogens is 1. The van der Waals surface area contributed by atoms with E-state index < -0.39 is 0 Å². The van der Waals surface area contributed by atoms with Crippen LogP contribution < -0.4 is 5.32 Å². The van der Waals surface area contributed by atoms with Gasteiger partial charge in [-0.25, -0.2) is 9.97 Å². The fraction of sp³-hybridized carbons (Fsp3) is 0.444. The predicted molar refractivity (Wildman–Crippen MR) is 58.8 cm³/mol. The van der Waals surface area contributed by atoms with Crippen LogP contribution in [-0.4, -0.2) is 40.9 Å². The Kier molecular flexibility index (Phi) is 4.30. The smallest absolute Gasteiger partial charge is 0.241 e. The van der Waals surface area contributed by atoms with Crippen LogP contribution in [0.25, 0.3) is 0 Å². The first kappa shape index (κ1) is 11.7. The van der Waals surface area contributed by atoms with E-state index in [0.29, 0.717) is 17.4 Å². The number of nitrogens with one attached hydrogen (secondary N) is 1. The van der Waals surface area contributed by atoms with Gasteiger partial charge in [-0.15, -0.1) is 0 Å². The van der Waals surface area contributed by atoms with Crippen LogP contribution in [-0.2, 0) is 4.79 Å². The normalized spacial score (nSPS) is 9.80. The highest BCUT2D eigenvalue weighted by molar-refractivity contribution is 6.32. The molecule has 1 N–H and O–H groups in total. The van der Waals surface area contributed by atoms with Crippen LogP contribution in [0.2, 0.25) is 5.02 Å². The minimum atomic E-state index is -0.00724. The van der Waals surface area contributed by atoms with Gasteiger partial charge in [0, 0.05) is 13.6 Å². The van der Waals surface area contributed by atoms with E-state index in [1.807, 2.05) is 6.92 Å². The van der Waals surface area contributed by atoms with Crippen molar-refractivity contribution in [3.63, 3.8) is 0 Å². The number of rotatable bonds is 4. The lowest BCUT2D eigenvalue weighted by atomic mass is 10.4. The molecule has 1 heterocycles. The van der Waals surface area contributed by atoms with Crippen LogP contribution in [0.1, 0.15) is 6.92 Å². The summed E-state index contributed by atoms with van der Waals surface area (Å²) in [6.07, 6.45) is 2.85. The van der Waals surface area contributed by atoms with Crippen molar-refractivity contribution in [3.8, 4) is 0 Å². The van der Waals surface area contributed by atoms with Gasteiger partial charge in [0.05, 0.1) is 12.7 Å². The van der Waals surface area contributed by atoms with Gasteiger partial charge in [0.25, 0.3) is 0 Å². The van der Waals surface area contributed by atoms with E-state index in [1.165, 1.54) is 12.5 Å². The average Bonchev–Trinajstić information content (AvgIpc) is 2.26. The fourth-order valence-corrected chi connectivity index (χ4v) is 1.09. The molecule has 0 unspecified atom stereocenters. The Morgan fingerprint density at radius 3 is 3.00 bits per heavy atom. The number of aromatic nitrogens is 2. The van der Waals surface area contributed by atoms with Crippen LogP contribution in [0.4, 0.5) is 5.82 Å². The van der Waals surface area contributed by atoms with E-state index in [9.17, 15) is 4.79 Å². The average molecular weight is 229 g/mol. The zero-order valence-corrected chi connectivity index (χ0v) is 9.45. The summed E-state index contributed by atoms with van der Waals surface area (Å²) in [5, 5.41) is 3.26. The maximum atomic E-state index is 11.4.